The highest BCUT2D eigenvalue weighted by molar-refractivity contribution is 7.88. The lowest BCUT2D eigenvalue weighted by molar-refractivity contribution is -0.0499. The molecule has 0 amide bonds. The summed E-state index contributed by atoms with van der Waals surface area (Å²) < 4.78 is 65.9. The normalized spacial score (nSPS) is 12.2. The van der Waals surface area contributed by atoms with Crippen LogP contribution in [0.3, 0.4) is 0 Å². The van der Waals surface area contributed by atoms with E-state index in [0.717, 1.165) is 6.07 Å². The van der Waals surface area contributed by atoms with Gasteiger partial charge in [-0.05, 0) is 28.6 Å². The fraction of sp³-hybridized carbons (Fsp3) is 0.0588. The van der Waals surface area contributed by atoms with Gasteiger partial charge in [0.15, 0.2) is 5.75 Å². The van der Waals surface area contributed by atoms with Gasteiger partial charge in [0.05, 0.1) is 0 Å². The summed E-state index contributed by atoms with van der Waals surface area (Å²) >= 11 is 0. The Morgan fingerprint density at radius 1 is 0.793 bits per heavy atom. The Hall–Kier alpha value is -2.22. The third-order valence-electron chi connectivity index (χ3n) is 4.29. The van der Waals surface area contributed by atoms with Crippen LogP contribution in [-0.4, -0.2) is 53.2 Å². The first kappa shape index (κ1) is 21.5. The second kappa shape index (κ2) is 7.24. The Labute approximate surface area is 172 Å². The fourth-order valence-electron chi connectivity index (χ4n) is 2.81. The maximum absolute atomic E-state index is 12.8. The molecule has 0 fully saturated rings. The van der Waals surface area contributed by atoms with E-state index >= 15 is 0 Å². The van der Waals surface area contributed by atoms with Crippen molar-refractivity contribution < 1.29 is 25.8 Å². The molecule has 134 valence electrons. The van der Waals surface area contributed by atoms with Crippen LogP contribution in [0.4, 0.5) is 13.2 Å². The molecule has 3 aromatic carbocycles. The van der Waals surface area contributed by atoms with Crippen LogP contribution >= 0.6 is 0 Å². The van der Waals surface area contributed by atoms with Crippen molar-refractivity contribution in [1.29, 1.82) is 0 Å². The summed E-state index contributed by atoms with van der Waals surface area (Å²) in [5.41, 5.74) is -5.67. The van der Waals surface area contributed by atoms with Crippen LogP contribution in [0.1, 0.15) is 0 Å². The first-order valence-corrected chi connectivity index (χ1v) is 9.31. The van der Waals surface area contributed by atoms with Gasteiger partial charge in [-0.25, -0.2) is 0 Å². The van der Waals surface area contributed by atoms with Gasteiger partial charge in [-0.3, -0.25) is 0 Å². The molecule has 0 unspecified atom stereocenters. The Morgan fingerprint density at radius 2 is 1.31 bits per heavy atom. The molecule has 0 aromatic heterocycles. The smallest absolute Gasteiger partial charge is 0.375 e. The van der Waals surface area contributed by atoms with E-state index in [1.54, 1.807) is 12.1 Å². The Kier molecular flexibility index (Phi) is 5.36. The van der Waals surface area contributed by atoms with E-state index in [4.69, 9.17) is 39.2 Å². The number of alkyl halides is 3. The lowest BCUT2D eigenvalue weighted by Gasteiger charge is -2.22. The molecule has 10 radical (unpaired) electrons. The van der Waals surface area contributed by atoms with Crippen molar-refractivity contribution in [2.24, 2.45) is 0 Å². The minimum Gasteiger partial charge on any atom is -0.375 e. The molecule has 0 bridgehead atoms. The van der Waals surface area contributed by atoms with E-state index in [2.05, 4.69) is 4.18 Å². The summed E-state index contributed by atoms with van der Waals surface area (Å²) in [5.74, 6) is -0.566. The summed E-state index contributed by atoms with van der Waals surface area (Å²) in [6, 6.07) is 8.65. The van der Waals surface area contributed by atoms with Crippen molar-refractivity contribution in [3.05, 3.63) is 36.4 Å². The zero-order valence-electron chi connectivity index (χ0n) is 14.6. The van der Waals surface area contributed by atoms with Crippen LogP contribution in [-0.2, 0) is 10.1 Å². The lowest BCUT2D eigenvalue weighted by Crippen LogP contribution is -2.55. The van der Waals surface area contributed by atoms with Crippen molar-refractivity contribution in [2.45, 2.75) is 5.51 Å². The molecule has 0 aliphatic heterocycles. The number of hydrogen-bond donors (Lipinski definition) is 0. The van der Waals surface area contributed by atoms with Crippen molar-refractivity contribution in [1.82, 2.24) is 0 Å². The van der Waals surface area contributed by atoms with E-state index in [9.17, 15) is 21.6 Å². The van der Waals surface area contributed by atoms with E-state index in [1.165, 1.54) is 18.2 Å². The predicted octanol–water partition coefficient (Wildman–Crippen LogP) is -1.30. The Bertz CT molecular complexity index is 1210. The quantitative estimate of drug-likeness (QED) is 0.312. The third kappa shape index (κ3) is 3.70. The number of halogens is 3. The Morgan fingerprint density at radius 3 is 1.86 bits per heavy atom. The maximum Gasteiger partial charge on any atom is 0.534 e. The van der Waals surface area contributed by atoms with E-state index in [1.807, 2.05) is 0 Å². The van der Waals surface area contributed by atoms with Gasteiger partial charge in [-0.1, -0.05) is 35.2 Å². The average molecular weight is 401 g/mol. The van der Waals surface area contributed by atoms with E-state index in [0.29, 0.717) is 5.39 Å². The molecule has 0 heterocycles. The molecular formula is C17H6B5F3O3S. The standard InChI is InChI=1S/C17H6B5F3O3S/c18-12-11(13(19)15(21)16(22)14(12)20)8-5-7-3-1-2-4-9(7)10(6-8)28-29(26,27)17(23,24)25/h1-6H. The number of hydrogen-bond acceptors (Lipinski definition) is 3. The molecule has 0 spiro atoms. The van der Waals surface area contributed by atoms with Crippen LogP contribution in [0.5, 0.6) is 5.75 Å². The molecule has 0 saturated heterocycles. The summed E-state index contributed by atoms with van der Waals surface area (Å²) in [7, 11) is 23.5. The minimum atomic E-state index is -5.92. The topological polar surface area (TPSA) is 43.4 Å². The largest absolute Gasteiger partial charge is 0.534 e. The van der Waals surface area contributed by atoms with Crippen molar-refractivity contribution in [2.75, 3.05) is 0 Å². The van der Waals surface area contributed by atoms with Gasteiger partial charge in [-0.15, -0.1) is 16.4 Å². The molecule has 0 atom stereocenters. The SMILES string of the molecule is [B]c1c([B])c([B])c(-c2cc(OS(=O)(=O)C(F)(F)F)c3ccccc3c2)c([B])c1[B]. The third-order valence-corrected chi connectivity index (χ3v) is 5.26. The molecule has 3 nitrogen and oxygen atoms in total. The first-order valence-electron chi connectivity index (χ1n) is 7.90. The van der Waals surface area contributed by atoms with Gasteiger partial charge in [-0.2, -0.15) is 21.6 Å². The van der Waals surface area contributed by atoms with Crippen LogP contribution < -0.4 is 31.5 Å². The number of fused-ring (bicyclic) bond motifs is 1. The molecule has 29 heavy (non-hydrogen) atoms. The van der Waals surface area contributed by atoms with Crippen LogP contribution in [0, 0.1) is 0 Å². The second-order valence-corrected chi connectivity index (χ2v) is 7.66. The highest BCUT2D eigenvalue weighted by atomic mass is 32.2. The van der Waals surface area contributed by atoms with Gasteiger partial charge in [0.1, 0.15) is 39.2 Å². The first-order chi connectivity index (χ1) is 13.3. The monoisotopic (exact) mass is 402 g/mol. The molecule has 12 heteroatoms. The van der Waals surface area contributed by atoms with Gasteiger partial charge >= 0.3 is 15.6 Å². The number of rotatable bonds is 3. The summed E-state index contributed by atoms with van der Waals surface area (Å²) in [6.07, 6.45) is 0. The summed E-state index contributed by atoms with van der Waals surface area (Å²) in [4.78, 5) is 0. The van der Waals surface area contributed by atoms with Gasteiger partial charge in [0, 0.05) is 5.39 Å². The van der Waals surface area contributed by atoms with E-state index < -0.39 is 21.4 Å². The summed E-state index contributed by atoms with van der Waals surface area (Å²) in [6.45, 7) is 0. The average Bonchev–Trinajstić information content (AvgIpc) is 2.64. The van der Waals surface area contributed by atoms with Crippen molar-refractivity contribution in [3.63, 3.8) is 0 Å². The highest BCUT2D eigenvalue weighted by Crippen LogP contribution is 2.35. The predicted molar refractivity (Wildman–Crippen MR) is 112 cm³/mol. The fourth-order valence-corrected chi connectivity index (χ4v) is 3.28. The van der Waals surface area contributed by atoms with Crippen LogP contribution in [0.2, 0.25) is 0 Å². The highest BCUT2D eigenvalue weighted by Gasteiger charge is 2.48. The maximum atomic E-state index is 12.8. The lowest BCUT2D eigenvalue weighted by atomic mass is 9.59. The van der Waals surface area contributed by atoms with Crippen LogP contribution in [0.15, 0.2) is 36.4 Å². The van der Waals surface area contributed by atoms with Gasteiger partial charge in [0.25, 0.3) is 0 Å². The zero-order chi connectivity index (χ0) is 21.7. The molecule has 0 saturated carbocycles. The molecule has 3 aromatic rings. The molecular weight excluding hydrogens is 395 g/mol. The Balaban J connectivity index is 2.34. The van der Waals surface area contributed by atoms with Crippen molar-refractivity contribution >= 4 is 87.4 Å². The zero-order valence-corrected chi connectivity index (χ0v) is 15.4. The van der Waals surface area contributed by atoms with Crippen LogP contribution in [0.25, 0.3) is 21.9 Å². The minimum absolute atomic E-state index is 0.0411. The molecule has 0 N–H and O–H groups in total. The summed E-state index contributed by atoms with van der Waals surface area (Å²) in [5, 5.41) is 0.489. The second-order valence-electron chi connectivity index (χ2n) is 6.12. The molecule has 0 aliphatic rings. The van der Waals surface area contributed by atoms with E-state index in [-0.39, 0.29) is 43.8 Å². The molecule has 0 aliphatic carbocycles. The molecule has 3 rings (SSSR count). The van der Waals surface area contributed by atoms with Gasteiger partial charge < -0.3 is 4.18 Å². The van der Waals surface area contributed by atoms with Gasteiger partial charge in [0.2, 0.25) is 0 Å². The van der Waals surface area contributed by atoms with Crippen molar-refractivity contribution in [3.8, 4) is 16.9 Å². The number of benzene rings is 3.